The number of piperidine rings is 1. The molecular formula is C31H39N7O4. The molecule has 6 rings (SSSR count). The van der Waals surface area contributed by atoms with Crippen molar-refractivity contribution >= 4 is 23.1 Å². The molecule has 2 atom stereocenters. The lowest BCUT2D eigenvalue weighted by Crippen LogP contribution is -2.48. The Bertz CT molecular complexity index is 1510. The number of anilines is 1. The van der Waals surface area contributed by atoms with Gasteiger partial charge in [0.15, 0.2) is 17.7 Å². The minimum atomic E-state index is -0.584. The zero-order chi connectivity index (χ0) is 29.5. The molecular weight excluding hydrogens is 534 g/mol. The molecule has 2 fully saturated rings. The Hall–Kier alpha value is -3.75. The highest BCUT2D eigenvalue weighted by Crippen LogP contribution is 2.52. The van der Waals surface area contributed by atoms with E-state index in [1.807, 2.05) is 26.8 Å². The van der Waals surface area contributed by atoms with E-state index in [0.717, 1.165) is 44.1 Å². The molecule has 1 amide bonds. The zero-order valence-corrected chi connectivity index (χ0v) is 24.6. The number of aliphatic hydroxyl groups excluding tert-OH is 1. The second-order valence-electron chi connectivity index (χ2n) is 12.7. The fourth-order valence-corrected chi connectivity index (χ4v) is 6.78. The molecule has 2 N–H and O–H groups in total. The van der Waals surface area contributed by atoms with Gasteiger partial charge in [0.25, 0.3) is 0 Å². The van der Waals surface area contributed by atoms with Crippen molar-refractivity contribution in [1.29, 1.82) is 5.26 Å². The smallest absolute Gasteiger partial charge is 0.408 e. The first-order chi connectivity index (χ1) is 20.2. The van der Waals surface area contributed by atoms with Crippen LogP contribution in [0.1, 0.15) is 87.7 Å². The molecule has 3 aliphatic rings. The Kier molecular flexibility index (Phi) is 7.53. The summed E-state index contributed by atoms with van der Waals surface area (Å²) in [5, 5.41) is 27.7. The third-order valence-corrected chi connectivity index (χ3v) is 8.71. The molecule has 11 heteroatoms. The van der Waals surface area contributed by atoms with Gasteiger partial charge in [0, 0.05) is 25.1 Å². The van der Waals surface area contributed by atoms with Crippen LogP contribution in [-0.2, 0) is 28.9 Å². The maximum absolute atomic E-state index is 12.9. The van der Waals surface area contributed by atoms with Crippen molar-refractivity contribution in [2.45, 2.75) is 90.2 Å². The number of fused-ring (bicyclic) bond motifs is 2. The van der Waals surface area contributed by atoms with Gasteiger partial charge in [-0.15, -0.1) is 0 Å². The molecule has 0 radical (unpaired) electrons. The van der Waals surface area contributed by atoms with Crippen molar-refractivity contribution in [3.63, 3.8) is 0 Å². The second kappa shape index (κ2) is 11.2. The number of carbonyl (C=O) groups excluding carboxylic acids is 1. The molecule has 0 bridgehead atoms. The Morgan fingerprint density at radius 1 is 1.21 bits per heavy atom. The lowest BCUT2D eigenvalue weighted by Gasteiger charge is -2.44. The Balaban J connectivity index is 1.30. The van der Waals surface area contributed by atoms with Crippen molar-refractivity contribution in [3.8, 4) is 6.07 Å². The summed E-state index contributed by atoms with van der Waals surface area (Å²) in [6.45, 7) is 7.37. The van der Waals surface area contributed by atoms with E-state index in [2.05, 4.69) is 34.5 Å². The van der Waals surface area contributed by atoms with Gasteiger partial charge in [-0.3, -0.25) is 0 Å². The molecule has 0 saturated carbocycles. The molecule has 1 spiro atoms. The van der Waals surface area contributed by atoms with Gasteiger partial charge in [-0.1, -0.05) is 24.3 Å². The van der Waals surface area contributed by atoms with Crippen molar-refractivity contribution in [1.82, 2.24) is 25.1 Å². The number of alkyl carbamates (subject to hydrolysis) is 1. The van der Waals surface area contributed by atoms with E-state index in [1.54, 1.807) is 4.68 Å². The number of carbonyl (C=O) groups is 1. The van der Waals surface area contributed by atoms with E-state index in [-0.39, 0.29) is 30.7 Å². The van der Waals surface area contributed by atoms with Crippen LogP contribution in [0.15, 0.2) is 24.3 Å². The van der Waals surface area contributed by atoms with Gasteiger partial charge in [0.1, 0.15) is 22.5 Å². The van der Waals surface area contributed by atoms with Crippen molar-refractivity contribution < 1.29 is 19.4 Å². The number of hydrogen-bond acceptors (Lipinski definition) is 9. The van der Waals surface area contributed by atoms with Gasteiger partial charge in [0.05, 0.1) is 25.1 Å². The molecule has 2 aliphatic heterocycles. The van der Waals surface area contributed by atoms with E-state index in [0.29, 0.717) is 48.1 Å². The quantitative estimate of drug-likeness (QED) is 0.452. The SMILES string of the molecule is CC(C)(C)OC(=O)N[C@@H]1c2ccccc2CC12CCN(c1nc3c(nc1CO)c(CC#N)nn3C1CCCCO1)CC2. The van der Waals surface area contributed by atoms with Crippen LogP contribution in [0, 0.1) is 16.7 Å². The summed E-state index contributed by atoms with van der Waals surface area (Å²) < 4.78 is 13.4. The first-order valence-corrected chi connectivity index (χ1v) is 14.9. The third-order valence-electron chi connectivity index (χ3n) is 8.71. The van der Waals surface area contributed by atoms with Gasteiger partial charge < -0.3 is 24.8 Å². The predicted octanol–water partition coefficient (Wildman–Crippen LogP) is 4.49. The molecule has 3 aromatic rings. The zero-order valence-electron chi connectivity index (χ0n) is 24.6. The van der Waals surface area contributed by atoms with E-state index in [1.165, 1.54) is 5.56 Å². The minimum Gasteiger partial charge on any atom is -0.444 e. The van der Waals surface area contributed by atoms with E-state index in [9.17, 15) is 15.2 Å². The number of nitriles is 1. The van der Waals surface area contributed by atoms with Crippen LogP contribution in [0.25, 0.3) is 11.2 Å². The summed E-state index contributed by atoms with van der Waals surface area (Å²) in [5.74, 6) is 0.632. The fraction of sp³-hybridized carbons (Fsp3) is 0.581. The molecule has 11 nitrogen and oxygen atoms in total. The number of ether oxygens (including phenoxy) is 2. The molecule has 4 heterocycles. The van der Waals surface area contributed by atoms with Crippen LogP contribution in [0.5, 0.6) is 0 Å². The van der Waals surface area contributed by atoms with Gasteiger partial charge in [0.2, 0.25) is 0 Å². The number of nitrogens with one attached hydrogen (secondary N) is 1. The second-order valence-corrected chi connectivity index (χ2v) is 12.7. The Morgan fingerprint density at radius 3 is 2.69 bits per heavy atom. The van der Waals surface area contributed by atoms with Crippen LogP contribution in [0.2, 0.25) is 0 Å². The van der Waals surface area contributed by atoms with E-state index >= 15 is 0 Å². The standard InChI is InChI=1S/C31H39N7O4/c1-30(2,3)42-29(40)34-26-21-9-5-4-8-20(21)18-31(26)12-15-37(16-13-31)27-23(19-39)33-25-22(11-14-32)36-38(28(25)35-27)24-10-6-7-17-41-24/h4-5,8-9,24,26,39H,6-7,10-13,15-19H2,1-3H3,(H,34,40)/t24?,26-/m1/s1. The molecule has 1 unspecified atom stereocenters. The van der Waals surface area contributed by atoms with Crippen molar-refractivity contribution in [2.75, 3.05) is 24.6 Å². The highest BCUT2D eigenvalue weighted by Gasteiger charge is 2.49. The Labute approximate surface area is 245 Å². The summed E-state index contributed by atoms with van der Waals surface area (Å²) in [6, 6.07) is 10.3. The number of hydrogen-bond donors (Lipinski definition) is 2. The number of amides is 1. The molecule has 222 valence electrons. The Morgan fingerprint density at radius 2 is 2.00 bits per heavy atom. The van der Waals surface area contributed by atoms with Gasteiger partial charge in [-0.05, 0) is 70.4 Å². The highest BCUT2D eigenvalue weighted by atomic mass is 16.6. The summed E-state index contributed by atoms with van der Waals surface area (Å²) in [7, 11) is 0. The lowest BCUT2D eigenvalue weighted by atomic mass is 9.72. The normalized spacial score (nSPS) is 21.7. The number of benzene rings is 1. The first kappa shape index (κ1) is 28.4. The predicted molar refractivity (Wildman–Crippen MR) is 156 cm³/mol. The average molecular weight is 574 g/mol. The number of rotatable bonds is 5. The van der Waals surface area contributed by atoms with Crippen LogP contribution >= 0.6 is 0 Å². The first-order valence-electron chi connectivity index (χ1n) is 14.9. The molecule has 2 saturated heterocycles. The van der Waals surface area contributed by atoms with Crippen LogP contribution in [0.3, 0.4) is 0 Å². The monoisotopic (exact) mass is 573 g/mol. The van der Waals surface area contributed by atoms with Crippen LogP contribution < -0.4 is 10.2 Å². The maximum Gasteiger partial charge on any atom is 0.408 e. The van der Waals surface area contributed by atoms with E-state index < -0.39 is 11.7 Å². The maximum atomic E-state index is 12.9. The molecule has 2 aromatic heterocycles. The lowest BCUT2D eigenvalue weighted by molar-refractivity contribution is -0.0371. The number of nitrogens with zero attached hydrogens (tertiary/aromatic N) is 6. The van der Waals surface area contributed by atoms with Gasteiger partial charge in [-0.25, -0.2) is 19.4 Å². The number of aromatic nitrogens is 4. The number of aliphatic hydroxyl groups is 1. The van der Waals surface area contributed by atoms with Gasteiger partial charge in [-0.2, -0.15) is 10.4 Å². The van der Waals surface area contributed by atoms with E-state index in [4.69, 9.17) is 24.5 Å². The minimum absolute atomic E-state index is 0.105. The summed E-state index contributed by atoms with van der Waals surface area (Å²) in [6.07, 6.45) is 4.81. The molecule has 1 aliphatic carbocycles. The summed E-state index contributed by atoms with van der Waals surface area (Å²) in [4.78, 5) is 24.9. The summed E-state index contributed by atoms with van der Waals surface area (Å²) in [5.41, 5.74) is 3.80. The third kappa shape index (κ3) is 5.29. The molecule has 42 heavy (non-hydrogen) atoms. The highest BCUT2D eigenvalue weighted by molar-refractivity contribution is 5.77. The van der Waals surface area contributed by atoms with Gasteiger partial charge >= 0.3 is 6.09 Å². The average Bonchev–Trinajstić information content (AvgIpc) is 3.47. The van der Waals surface area contributed by atoms with Crippen molar-refractivity contribution in [3.05, 3.63) is 46.8 Å². The summed E-state index contributed by atoms with van der Waals surface area (Å²) >= 11 is 0. The van der Waals surface area contributed by atoms with Crippen LogP contribution in [0.4, 0.5) is 10.6 Å². The van der Waals surface area contributed by atoms with Crippen LogP contribution in [-0.4, -0.2) is 56.2 Å². The molecule has 1 aromatic carbocycles. The fourth-order valence-electron chi connectivity index (χ4n) is 6.78. The largest absolute Gasteiger partial charge is 0.444 e. The topological polar surface area (TPSA) is 138 Å². The van der Waals surface area contributed by atoms with Crippen molar-refractivity contribution in [2.24, 2.45) is 5.41 Å².